The standard InChI is InChI=1S/C10H18N4O/c1-3-14(4-5-15)10-12-7-9(6-11-2)8-13-10/h7-8,11,15H,3-6H2,1-2H3. The average Bonchev–Trinajstić information content (AvgIpc) is 2.28. The topological polar surface area (TPSA) is 61.3 Å². The van der Waals surface area contributed by atoms with Crippen LogP contribution in [0.25, 0.3) is 0 Å². The maximum atomic E-state index is 8.86. The second-order valence-corrected chi connectivity index (χ2v) is 3.22. The minimum atomic E-state index is 0.121. The first-order valence-corrected chi connectivity index (χ1v) is 5.13. The molecule has 0 saturated heterocycles. The van der Waals surface area contributed by atoms with Crippen molar-refractivity contribution in [2.45, 2.75) is 13.5 Å². The van der Waals surface area contributed by atoms with Crippen molar-refractivity contribution < 1.29 is 5.11 Å². The maximum Gasteiger partial charge on any atom is 0.225 e. The van der Waals surface area contributed by atoms with Crippen molar-refractivity contribution in [2.24, 2.45) is 0 Å². The summed E-state index contributed by atoms with van der Waals surface area (Å²) in [5, 5.41) is 11.9. The van der Waals surface area contributed by atoms with E-state index in [0.717, 1.165) is 18.7 Å². The lowest BCUT2D eigenvalue weighted by atomic mass is 10.3. The highest BCUT2D eigenvalue weighted by molar-refractivity contribution is 5.29. The number of nitrogens with one attached hydrogen (secondary N) is 1. The van der Waals surface area contributed by atoms with E-state index in [1.807, 2.05) is 18.9 Å². The van der Waals surface area contributed by atoms with Gasteiger partial charge in [0.05, 0.1) is 6.61 Å². The minimum Gasteiger partial charge on any atom is -0.395 e. The van der Waals surface area contributed by atoms with Gasteiger partial charge in [-0.15, -0.1) is 0 Å². The lowest BCUT2D eigenvalue weighted by Gasteiger charge is -2.19. The van der Waals surface area contributed by atoms with Crippen molar-refractivity contribution in [3.05, 3.63) is 18.0 Å². The van der Waals surface area contributed by atoms with E-state index in [-0.39, 0.29) is 6.61 Å². The Morgan fingerprint density at radius 1 is 1.40 bits per heavy atom. The van der Waals surface area contributed by atoms with Crippen LogP contribution in [-0.2, 0) is 6.54 Å². The number of aliphatic hydroxyl groups is 1. The van der Waals surface area contributed by atoms with Crippen LogP contribution in [0.1, 0.15) is 12.5 Å². The molecule has 15 heavy (non-hydrogen) atoms. The van der Waals surface area contributed by atoms with E-state index in [4.69, 9.17) is 5.11 Å². The zero-order valence-corrected chi connectivity index (χ0v) is 9.27. The Morgan fingerprint density at radius 3 is 2.53 bits per heavy atom. The van der Waals surface area contributed by atoms with Gasteiger partial charge < -0.3 is 15.3 Å². The summed E-state index contributed by atoms with van der Waals surface area (Å²) in [4.78, 5) is 10.4. The number of hydrogen-bond acceptors (Lipinski definition) is 5. The van der Waals surface area contributed by atoms with Crippen LogP contribution in [0.4, 0.5) is 5.95 Å². The fourth-order valence-electron chi connectivity index (χ4n) is 1.33. The molecule has 0 unspecified atom stereocenters. The van der Waals surface area contributed by atoms with Crippen molar-refractivity contribution in [3.8, 4) is 0 Å². The van der Waals surface area contributed by atoms with Crippen LogP contribution in [-0.4, -0.2) is 41.8 Å². The molecule has 5 heteroatoms. The first-order valence-electron chi connectivity index (χ1n) is 5.13. The van der Waals surface area contributed by atoms with Crippen LogP contribution in [0.5, 0.6) is 0 Å². The second-order valence-electron chi connectivity index (χ2n) is 3.22. The van der Waals surface area contributed by atoms with Gasteiger partial charge in [0.2, 0.25) is 5.95 Å². The molecular weight excluding hydrogens is 192 g/mol. The summed E-state index contributed by atoms with van der Waals surface area (Å²) in [7, 11) is 1.89. The molecule has 0 fully saturated rings. The van der Waals surface area contributed by atoms with Crippen LogP contribution in [0.2, 0.25) is 0 Å². The van der Waals surface area contributed by atoms with Gasteiger partial charge in [0.25, 0.3) is 0 Å². The predicted octanol–water partition coefficient (Wildman–Crippen LogP) is 0.0146. The van der Waals surface area contributed by atoms with Crippen LogP contribution >= 0.6 is 0 Å². The number of aliphatic hydroxyl groups excluding tert-OH is 1. The van der Waals surface area contributed by atoms with Crippen molar-refractivity contribution >= 4 is 5.95 Å². The number of hydrogen-bond donors (Lipinski definition) is 2. The van der Waals surface area contributed by atoms with E-state index >= 15 is 0 Å². The van der Waals surface area contributed by atoms with E-state index in [1.54, 1.807) is 12.4 Å². The molecule has 1 heterocycles. The van der Waals surface area contributed by atoms with Crippen molar-refractivity contribution in [3.63, 3.8) is 0 Å². The van der Waals surface area contributed by atoms with Gasteiger partial charge in [0.1, 0.15) is 0 Å². The van der Waals surface area contributed by atoms with Gasteiger partial charge in [-0.1, -0.05) is 0 Å². The molecule has 0 radical (unpaired) electrons. The van der Waals surface area contributed by atoms with Gasteiger partial charge in [-0.3, -0.25) is 0 Å². The monoisotopic (exact) mass is 210 g/mol. The quantitative estimate of drug-likeness (QED) is 0.693. The Balaban J connectivity index is 2.68. The number of aromatic nitrogens is 2. The summed E-state index contributed by atoms with van der Waals surface area (Å²) in [6, 6.07) is 0. The molecule has 0 aliphatic rings. The lowest BCUT2D eigenvalue weighted by Crippen LogP contribution is -2.28. The zero-order chi connectivity index (χ0) is 11.1. The second kappa shape index (κ2) is 6.31. The van der Waals surface area contributed by atoms with Crippen molar-refractivity contribution in [1.82, 2.24) is 15.3 Å². The summed E-state index contributed by atoms with van der Waals surface area (Å²) in [6.45, 7) is 4.27. The Bertz CT molecular complexity index is 275. The smallest absolute Gasteiger partial charge is 0.225 e. The average molecular weight is 210 g/mol. The molecule has 1 aromatic rings. The summed E-state index contributed by atoms with van der Waals surface area (Å²) in [5.41, 5.74) is 1.06. The predicted molar refractivity (Wildman–Crippen MR) is 59.8 cm³/mol. The fourth-order valence-corrected chi connectivity index (χ4v) is 1.33. The summed E-state index contributed by atoms with van der Waals surface area (Å²) >= 11 is 0. The van der Waals surface area contributed by atoms with Crippen molar-refractivity contribution in [1.29, 1.82) is 0 Å². The first-order chi connectivity index (χ1) is 7.31. The molecule has 84 valence electrons. The molecule has 0 saturated carbocycles. The van der Waals surface area contributed by atoms with Crippen LogP contribution in [0, 0.1) is 0 Å². The van der Waals surface area contributed by atoms with Gasteiger partial charge in [-0.05, 0) is 14.0 Å². The normalized spacial score (nSPS) is 10.3. The highest BCUT2D eigenvalue weighted by Gasteiger charge is 2.05. The van der Waals surface area contributed by atoms with Crippen LogP contribution < -0.4 is 10.2 Å². The first kappa shape index (κ1) is 11.9. The molecule has 1 aromatic heterocycles. The van der Waals surface area contributed by atoms with E-state index in [9.17, 15) is 0 Å². The van der Waals surface area contributed by atoms with Gasteiger partial charge in [-0.25, -0.2) is 9.97 Å². The molecular formula is C10H18N4O. The van der Waals surface area contributed by atoms with E-state index in [2.05, 4.69) is 15.3 Å². The third-order valence-corrected chi connectivity index (χ3v) is 2.11. The summed E-state index contributed by atoms with van der Waals surface area (Å²) < 4.78 is 0. The van der Waals surface area contributed by atoms with E-state index < -0.39 is 0 Å². The van der Waals surface area contributed by atoms with Crippen LogP contribution in [0.3, 0.4) is 0 Å². The Labute approximate surface area is 90.2 Å². The van der Waals surface area contributed by atoms with Crippen LogP contribution in [0.15, 0.2) is 12.4 Å². The number of likely N-dealkylation sites (N-methyl/N-ethyl adjacent to an activating group) is 1. The number of anilines is 1. The minimum absolute atomic E-state index is 0.121. The Morgan fingerprint density at radius 2 is 2.07 bits per heavy atom. The summed E-state index contributed by atoms with van der Waals surface area (Å²) in [5.74, 6) is 0.673. The molecule has 5 nitrogen and oxygen atoms in total. The van der Waals surface area contributed by atoms with E-state index in [1.165, 1.54) is 0 Å². The molecule has 0 aliphatic carbocycles. The summed E-state index contributed by atoms with van der Waals surface area (Å²) in [6.07, 6.45) is 3.61. The maximum absolute atomic E-state index is 8.86. The highest BCUT2D eigenvalue weighted by Crippen LogP contribution is 2.06. The molecule has 0 aliphatic heterocycles. The SMILES string of the molecule is CCN(CCO)c1ncc(CNC)cn1. The number of rotatable bonds is 6. The Kier molecular flexibility index (Phi) is 5.00. The fraction of sp³-hybridized carbons (Fsp3) is 0.600. The van der Waals surface area contributed by atoms with Gasteiger partial charge in [0.15, 0.2) is 0 Å². The molecule has 2 N–H and O–H groups in total. The molecule has 0 amide bonds. The van der Waals surface area contributed by atoms with Gasteiger partial charge in [0, 0.05) is 37.6 Å². The van der Waals surface area contributed by atoms with Crippen molar-refractivity contribution in [2.75, 3.05) is 31.6 Å². The highest BCUT2D eigenvalue weighted by atomic mass is 16.3. The van der Waals surface area contributed by atoms with E-state index in [0.29, 0.717) is 12.5 Å². The molecule has 0 aromatic carbocycles. The zero-order valence-electron chi connectivity index (χ0n) is 9.27. The Hall–Kier alpha value is -1.20. The molecule has 1 rings (SSSR count). The lowest BCUT2D eigenvalue weighted by molar-refractivity contribution is 0.301. The molecule has 0 bridgehead atoms. The van der Waals surface area contributed by atoms with Gasteiger partial charge in [-0.2, -0.15) is 0 Å². The largest absolute Gasteiger partial charge is 0.395 e. The molecule has 0 atom stereocenters. The third kappa shape index (κ3) is 3.45. The third-order valence-electron chi connectivity index (χ3n) is 2.11. The molecule has 0 spiro atoms. The number of nitrogens with zero attached hydrogens (tertiary/aromatic N) is 3. The van der Waals surface area contributed by atoms with Gasteiger partial charge >= 0.3 is 0 Å².